The Morgan fingerprint density at radius 2 is 1.76 bits per heavy atom. The van der Waals surface area contributed by atoms with Crippen LogP contribution >= 0.6 is 0 Å². The molecule has 0 atom stereocenters. The van der Waals surface area contributed by atoms with Gasteiger partial charge in [0.05, 0.1) is 12.0 Å². The van der Waals surface area contributed by atoms with Crippen molar-refractivity contribution >= 4 is 10.0 Å². The molecule has 0 saturated heterocycles. The number of aromatic nitrogens is 2. The zero-order chi connectivity index (χ0) is 21.3. The van der Waals surface area contributed by atoms with Crippen molar-refractivity contribution in [3.05, 3.63) is 54.0 Å². The van der Waals surface area contributed by atoms with Gasteiger partial charge in [0.15, 0.2) is 11.6 Å². The van der Waals surface area contributed by atoms with E-state index in [9.17, 15) is 21.6 Å². The first-order valence-electron chi connectivity index (χ1n) is 8.53. The minimum absolute atomic E-state index is 0.0192. The standard InChI is InChI=1S/C19H18F3N3O3S/c1-3-25-18(19(21)22)16(12-6-9-15(28-2)14(20)10-12)17(24-25)11-4-7-13(8-5-11)29(23,26)27/h4-10,19H,3H2,1-2H3,(H2,23,26,27). The van der Waals surface area contributed by atoms with Crippen molar-refractivity contribution < 1.29 is 26.3 Å². The molecular formula is C19H18F3N3O3S. The smallest absolute Gasteiger partial charge is 0.280 e. The van der Waals surface area contributed by atoms with E-state index in [0.29, 0.717) is 5.56 Å². The van der Waals surface area contributed by atoms with Crippen LogP contribution in [0.15, 0.2) is 47.4 Å². The van der Waals surface area contributed by atoms with Gasteiger partial charge < -0.3 is 4.74 Å². The summed E-state index contributed by atoms with van der Waals surface area (Å²) in [6.07, 6.45) is -2.86. The third kappa shape index (κ3) is 3.99. The van der Waals surface area contributed by atoms with Gasteiger partial charge in [0.1, 0.15) is 11.4 Å². The van der Waals surface area contributed by atoms with E-state index in [2.05, 4.69) is 5.10 Å². The summed E-state index contributed by atoms with van der Waals surface area (Å²) < 4.78 is 71.0. The maximum atomic E-state index is 14.3. The first-order chi connectivity index (χ1) is 13.7. The number of nitrogens with two attached hydrogens (primary N) is 1. The van der Waals surface area contributed by atoms with Crippen LogP contribution in [0.2, 0.25) is 0 Å². The number of halogens is 3. The molecule has 1 aromatic heterocycles. The molecule has 0 unspecified atom stereocenters. The molecule has 0 aliphatic carbocycles. The SMILES string of the molecule is CCn1nc(-c2ccc(S(N)(=O)=O)cc2)c(-c2ccc(OC)c(F)c2)c1C(F)F. The molecule has 154 valence electrons. The number of hydrogen-bond donors (Lipinski definition) is 1. The quantitative estimate of drug-likeness (QED) is 0.647. The van der Waals surface area contributed by atoms with E-state index >= 15 is 0 Å². The predicted octanol–water partition coefficient (Wildman–Crippen LogP) is 3.97. The zero-order valence-electron chi connectivity index (χ0n) is 15.6. The number of aryl methyl sites for hydroxylation is 1. The number of ether oxygens (including phenoxy) is 1. The molecule has 0 saturated carbocycles. The summed E-state index contributed by atoms with van der Waals surface area (Å²) in [6, 6.07) is 9.27. The lowest BCUT2D eigenvalue weighted by Crippen LogP contribution is -2.11. The van der Waals surface area contributed by atoms with Gasteiger partial charge in [-0.15, -0.1) is 0 Å². The largest absolute Gasteiger partial charge is 0.494 e. The Morgan fingerprint density at radius 1 is 1.14 bits per heavy atom. The van der Waals surface area contributed by atoms with E-state index in [0.717, 1.165) is 10.7 Å². The molecule has 0 radical (unpaired) electrons. The van der Waals surface area contributed by atoms with Crippen LogP contribution in [0.4, 0.5) is 13.2 Å². The van der Waals surface area contributed by atoms with Crippen LogP contribution in [0.3, 0.4) is 0 Å². The Hall–Kier alpha value is -2.85. The normalized spacial score (nSPS) is 11.8. The highest BCUT2D eigenvalue weighted by Crippen LogP contribution is 2.40. The number of rotatable bonds is 6. The fourth-order valence-corrected chi connectivity index (χ4v) is 3.56. The molecule has 0 spiro atoms. The third-order valence-corrected chi connectivity index (χ3v) is 5.32. The maximum absolute atomic E-state index is 14.3. The summed E-state index contributed by atoms with van der Waals surface area (Å²) in [5, 5.41) is 9.36. The first kappa shape index (κ1) is 20.9. The van der Waals surface area contributed by atoms with Gasteiger partial charge in [0.2, 0.25) is 10.0 Å². The van der Waals surface area contributed by atoms with Gasteiger partial charge in [-0.25, -0.2) is 26.7 Å². The van der Waals surface area contributed by atoms with Crippen molar-refractivity contribution in [1.29, 1.82) is 0 Å². The summed E-state index contributed by atoms with van der Waals surface area (Å²) in [5.74, 6) is -0.723. The van der Waals surface area contributed by atoms with Crippen molar-refractivity contribution in [3.8, 4) is 28.1 Å². The Labute approximate surface area is 165 Å². The summed E-state index contributed by atoms with van der Waals surface area (Å²) >= 11 is 0. The summed E-state index contributed by atoms with van der Waals surface area (Å²) in [5.41, 5.74) is 0.462. The average molecular weight is 425 g/mol. The van der Waals surface area contributed by atoms with E-state index in [1.807, 2.05) is 0 Å². The van der Waals surface area contributed by atoms with Crippen molar-refractivity contribution in [3.63, 3.8) is 0 Å². The van der Waals surface area contributed by atoms with Crippen molar-refractivity contribution in [2.45, 2.75) is 24.8 Å². The van der Waals surface area contributed by atoms with Crippen LogP contribution in [0.25, 0.3) is 22.4 Å². The molecule has 0 bridgehead atoms. The molecule has 6 nitrogen and oxygen atoms in total. The number of hydrogen-bond acceptors (Lipinski definition) is 4. The summed E-state index contributed by atoms with van der Waals surface area (Å²) in [7, 11) is -2.61. The molecule has 2 N–H and O–H groups in total. The molecular weight excluding hydrogens is 407 g/mol. The Kier molecular flexibility index (Phi) is 5.67. The Balaban J connectivity index is 2.26. The van der Waals surface area contributed by atoms with Gasteiger partial charge in [-0.3, -0.25) is 4.68 Å². The minimum Gasteiger partial charge on any atom is -0.494 e. The minimum atomic E-state index is -3.91. The second kappa shape index (κ2) is 7.88. The second-order valence-electron chi connectivity index (χ2n) is 6.14. The Bertz CT molecular complexity index is 1140. The molecule has 3 rings (SSSR count). The number of alkyl halides is 2. The third-order valence-electron chi connectivity index (χ3n) is 4.39. The summed E-state index contributed by atoms with van der Waals surface area (Å²) in [4.78, 5) is -0.123. The first-order valence-corrected chi connectivity index (χ1v) is 10.1. The number of nitrogens with zero attached hydrogens (tertiary/aromatic N) is 2. The van der Waals surface area contributed by atoms with Crippen LogP contribution in [0.1, 0.15) is 19.0 Å². The van der Waals surface area contributed by atoms with E-state index in [1.54, 1.807) is 6.92 Å². The van der Waals surface area contributed by atoms with E-state index < -0.39 is 22.3 Å². The van der Waals surface area contributed by atoms with Crippen molar-refractivity contribution in [2.75, 3.05) is 7.11 Å². The highest BCUT2D eigenvalue weighted by Gasteiger charge is 2.27. The second-order valence-corrected chi connectivity index (χ2v) is 7.71. The predicted molar refractivity (Wildman–Crippen MR) is 102 cm³/mol. The zero-order valence-corrected chi connectivity index (χ0v) is 16.4. The molecule has 29 heavy (non-hydrogen) atoms. The lowest BCUT2D eigenvalue weighted by Gasteiger charge is -2.10. The van der Waals surface area contributed by atoms with Crippen LogP contribution in [0, 0.1) is 5.82 Å². The number of primary sulfonamides is 1. The van der Waals surface area contributed by atoms with Crippen LogP contribution in [-0.4, -0.2) is 25.3 Å². The van der Waals surface area contributed by atoms with Gasteiger partial charge in [-0.1, -0.05) is 18.2 Å². The van der Waals surface area contributed by atoms with Crippen LogP contribution in [-0.2, 0) is 16.6 Å². The average Bonchev–Trinajstić information content (AvgIpc) is 3.07. The van der Waals surface area contributed by atoms with E-state index in [1.165, 1.54) is 43.5 Å². The molecule has 0 fully saturated rings. The van der Waals surface area contributed by atoms with Gasteiger partial charge in [0, 0.05) is 17.7 Å². The van der Waals surface area contributed by atoms with Crippen molar-refractivity contribution in [2.24, 2.45) is 5.14 Å². The van der Waals surface area contributed by atoms with Gasteiger partial charge >= 0.3 is 0 Å². The highest BCUT2D eigenvalue weighted by molar-refractivity contribution is 7.89. The fraction of sp³-hybridized carbons (Fsp3) is 0.211. The lowest BCUT2D eigenvalue weighted by molar-refractivity contribution is 0.140. The monoisotopic (exact) mass is 425 g/mol. The van der Waals surface area contributed by atoms with Crippen LogP contribution < -0.4 is 9.88 Å². The van der Waals surface area contributed by atoms with Gasteiger partial charge in [-0.2, -0.15) is 5.10 Å². The molecule has 1 heterocycles. The Morgan fingerprint density at radius 3 is 2.24 bits per heavy atom. The maximum Gasteiger partial charge on any atom is 0.280 e. The van der Waals surface area contributed by atoms with Gasteiger partial charge in [-0.05, 0) is 36.8 Å². The molecule has 10 heteroatoms. The van der Waals surface area contributed by atoms with Crippen molar-refractivity contribution in [1.82, 2.24) is 9.78 Å². The molecule has 0 aliphatic heterocycles. The molecule has 0 amide bonds. The molecule has 2 aromatic carbocycles. The number of benzene rings is 2. The highest BCUT2D eigenvalue weighted by atomic mass is 32.2. The van der Waals surface area contributed by atoms with E-state index in [4.69, 9.17) is 9.88 Å². The van der Waals surface area contributed by atoms with E-state index in [-0.39, 0.29) is 39.7 Å². The summed E-state index contributed by atoms with van der Waals surface area (Å²) in [6.45, 7) is 1.83. The fourth-order valence-electron chi connectivity index (χ4n) is 3.05. The molecule has 0 aliphatic rings. The number of methoxy groups -OCH3 is 1. The molecule has 3 aromatic rings. The van der Waals surface area contributed by atoms with Crippen LogP contribution in [0.5, 0.6) is 5.75 Å². The lowest BCUT2D eigenvalue weighted by atomic mass is 9.98. The van der Waals surface area contributed by atoms with Gasteiger partial charge in [0.25, 0.3) is 6.43 Å². The topological polar surface area (TPSA) is 87.2 Å². The number of sulfonamides is 1.